The number of carbonyl (C=O) groups excluding carboxylic acids is 3. The summed E-state index contributed by atoms with van der Waals surface area (Å²) < 4.78 is 1.90. The molecule has 0 radical (unpaired) electrons. The molecule has 1 saturated heterocycles. The molecular weight excluding hydrogens is 442 g/mol. The summed E-state index contributed by atoms with van der Waals surface area (Å²) in [6, 6.07) is 17.5. The molecule has 1 aliphatic heterocycles. The van der Waals surface area contributed by atoms with Crippen LogP contribution in [0, 0.1) is 0 Å². The van der Waals surface area contributed by atoms with Gasteiger partial charge in [-0.2, -0.15) is 0 Å². The van der Waals surface area contributed by atoms with Crippen LogP contribution >= 0.6 is 11.6 Å². The summed E-state index contributed by atoms with van der Waals surface area (Å²) in [4.78, 5) is 40.4. The molecule has 0 saturated carbocycles. The number of hydrogen-bond donors (Lipinski definition) is 2. The molecule has 2 N–H and O–H groups in total. The van der Waals surface area contributed by atoms with E-state index < -0.39 is 24.4 Å². The van der Waals surface area contributed by atoms with Crippen molar-refractivity contribution < 1.29 is 14.4 Å². The monoisotopic (exact) mass is 463 g/mol. The summed E-state index contributed by atoms with van der Waals surface area (Å²) >= 11 is 5.84. The smallest absolute Gasteiger partial charge is 0.329 e. The van der Waals surface area contributed by atoms with Crippen molar-refractivity contribution in [1.29, 1.82) is 0 Å². The normalized spacial score (nSPS) is 14.5. The number of nitrogens with one attached hydrogen (secondary N) is 2. The molecule has 8 nitrogen and oxygen atoms in total. The van der Waals surface area contributed by atoms with Crippen molar-refractivity contribution in [1.82, 2.24) is 14.8 Å². The SMILES string of the molecule is CN(C)c1ccc(-n2cccc2/C=C2\NC(=O)N(CC(=O)Nc3ccc(Cl)cc3)C2=O)cc1. The number of aromatic nitrogens is 1. The summed E-state index contributed by atoms with van der Waals surface area (Å²) in [6.45, 7) is -0.405. The average molecular weight is 464 g/mol. The van der Waals surface area contributed by atoms with Crippen LogP contribution in [-0.4, -0.2) is 48.0 Å². The lowest BCUT2D eigenvalue weighted by Crippen LogP contribution is -2.38. The van der Waals surface area contributed by atoms with Gasteiger partial charge in [-0.25, -0.2) is 9.69 Å². The molecule has 1 aliphatic rings. The van der Waals surface area contributed by atoms with Gasteiger partial charge in [0.2, 0.25) is 5.91 Å². The highest BCUT2D eigenvalue weighted by Crippen LogP contribution is 2.21. The van der Waals surface area contributed by atoms with E-state index in [4.69, 9.17) is 11.6 Å². The Kier molecular flexibility index (Phi) is 6.19. The molecule has 168 valence electrons. The topological polar surface area (TPSA) is 86.7 Å². The van der Waals surface area contributed by atoms with Crippen LogP contribution in [0.1, 0.15) is 5.69 Å². The number of anilines is 2. The van der Waals surface area contributed by atoms with E-state index in [9.17, 15) is 14.4 Å². The van der Waals surface area contributed by atoms with Crippen LogP contribution < -0.4 is 15.5 Å². The van der Waals surface area contributed by atoms with E-state index in [1.165, 1.54) is 0 Å². The van der Waals surface area contributed by atoms with Crippen molar-refractivity contribution in [3.63, 3.8) is 0 Å². The minimum atomic E-state index is -0.647. The van der Waals surface area contributed by atoms with Crippen molar-refractivity contribution in [3.05, 3.63) is 83.3 Å². The maximum absolute atomic E-state index is 12.8. The number of rotatable bonds is 6. The Morgan fingerprint density at radius 1 is 1.06 bits per heavy atom. The van der Waals surface area contributed by atoms with Gasteiger partial charge in [-0.1, -0.05) is 11.6 Å². The highest BCUT2D eigenvalue weighted by Gasteiger charge is 2.35. The highest BCUT2D eigenvalue weighted by atomic mass is 35.5. The fraction of sp³-hybridized carbons (Fsp3) is 0.125. The second-order valence-electron chi connectivity index (χ2n) is 7.65. The van der Waals surface area contributed by atoms with Crippen molar-refractivity contribution in [3.8, 4) is 5.69 Å². The molecule has 9 heteroatoms. The Morgan fingerprint density at radius 3 is 2.42 bits per heavy atom. The van der Waals surface area contributed by atoms with Crippen LogP contribution in [0.3, 0.4) is 0 Å². The highest BCUT2D eigenvalue weighted by molar-refractivity contribution is 6.30. The molecule has 1 aromatic heterocycles. The first kappa shape index (κ1) is 22.2. The lowest BCUT2D eigenvalue weighted by molar-refractivity contribution is -0.127. The van der Waals surface area contributed by atoms with E-state index in [2.05, 4.69) is 10.6 Å². The molecule has 3 aromatic rings. The predicted molar refractivity (Wildman–Crippen MR) is 128 cm³/mol. The lowest BCUT2D eigenvalue weighted by atomic mass is 10.2. The van der Waals surface area contributed by atoms with E-state index in [-0.39, 0.29) is 5.70 Å². The van der Waals surface area contributed by atoms with Crippen LogP contribution in [0.4, 0.5) is 16.2 Å². The molecule has 0 spiro atoms. The van der Waals surface area contributed by atoms with Gasteiger partial charge in [-0.3, -0.25) is 9.59 Å². The van der Waals surface area contributed by atoms with Gasteiger partial charge in [0.1, 0.15) is 12.2 Å². The number of benzene rings is 2. The third-order valence-electron chi connectivity index (χ3n) is 5.11. The predicted octanol–water partition coefficient (Wildman–Crippen LogP) is 3.73. The zero-order valence-electron chi connectivity index (χ0n) is 18.1. The average Bonchev–Trinajstić information content (AvgIpc) is 3.35. The molecule has 2 aromatic carbocycles. The van der Waals surface area contributed by atoms with Crippen molar-refractivity contribution in [2.24, 2.45) is 0 Å². The fourth-order valence-corrected chi connectivity index (χ4v) is 3.52. The van der Waals surface area contributed by atoms with Crippen LogP contribution in [0.2, 0.25) is 5.02 Å². The number of imide groups is 1. The molecule has 1 fully saturated rings. The number of nitrogens with zero attached hydrogens (tertiary/aromatic N) is 3. The molecule has 0 unspecified atom stereocenters. The number of hydrogen-bond acceptors (Lipinski definition) is 4. The van der Waals surface area contributed by atoms with E-state index >= 15 is 0 Å². The van der Waals surface area contributed by atoms with Crippen LogP contribution in [-0.2, 0) is 9.59 Å². The zero-order chi connectivity index (χ0) is 23.5. The van der Waals surface area contributed by atoms with Gasteiger partial charge in [0.25, 0.3) is 5.91 Å². The van der Waals surface area contributed by atoms with Crippen molar-refractivity contribution in [2.75, 3.05) is 30.9 Å². The van der Waals surface area contributed by atoms with Gasteiger partial charge in [-0.05, 0) is 66.7 Å². The van der Waals surface area contributed by atoms with Gasteiger partial charge >= 0.3 is 6.03 Å². The number of amides is 4. The minimum absolute atomic E-state index is 0.101. The largest absolute Gasteiger partial charge is 0.378 e. The Hall–Kier alpha value is -4.04. The van der Waals surface area contributed by atoms with Crippen LogP contribution in [0.5, 0.6) is 0 Å². The second kappa shape index (κ2) is 9.22. The molecule has 0 aliphatic carbocycles. The summed E-state index contributed by atoms with van der Waals surface area (Å²) in [6.07, 6.45) is 3.47. The molecular formula is C24H22ClN5O3. The molecule has 33 heavy (non-hydrogen) atoms. The van der Waals surface area contributed by atoms with Gasteiger partial charge in [0.15, 0.2) is 0 Å². The van der Waals surface area contributed by atoms with Gasteiger partial charge in [0.05, 0.1) is 0 Å². The molecule has 0 bridgehead atoms. The molecule has 4 amide bonds. The van der Waals surface area contributed by atoms with Crippen molar-refractivity contribution >= 4 is 46.9 Å². The maximum Gasteiger partial charge on any atom is 0.329 e. The lowest BCUT2D eigenvalue weighted by Gasteiger charge is -2.14. The van der Waals surface area contributed by atoms with Gasteiger partial charge < -0.3 is 20.1 Å². The van der Waals surface area contributed by atoms with Crippen LogP contribution in [0.25, 0.3) is 11.8 Å². The Morgan fingerprint density at radius 2 is 1.76 bits per heavy atom. The quantitative estimate of drug-likeness (QED) is 0.431. The standard InChI is InChI=1S/C24H22ClN5O3/c1-28(2)18-9-11-19(12-10-18)29-13-3-4-20(29)14-21-23(32)30(24(33)27-21)15-22(31)26-17-7-5-16(25)6-8-17/h3-14H,15H2,1-2H3,(H,26,31)(H,27,33)/b21-14-. The van der Waals surface area contributed by atoms with Gasteiger partial charge in [-0.15, -0.1) is 0 Å². The van der Waals surface area contributed by atoms with Crippen molar-refractivity contribution in [2.45, 2.75) is 0 Å². The number of halogens is 1. The number of urea groups is 1. The first-order valence-electron chi connectivity index (χ1n) is 10.2. The van der Waals surface area contributed by atoms with Crippen LogP contribution in [0.15, 0.2) is 72.6 Å². The number of carbonyl (C=O) groups is 3. The second-order valence-corrected chi connectivity index (χ2v) is 8.08. The molecule has 4 rings (SSSR count). The van der Waals surface area contributed by atoms with E-state index in [1.807, 2.05) is 66.2 Å². The Labute approximate surface area is 196 Å². The zero-order valence-corrected chi connectivity index (χ0v) is 18.8. The van der Waals surface area contributed by atoms with E-state index in [0.717, 1.165) is 16.3 Å². The minimum Gasteiger partial charge on any atom is -0.378 e. The summed E-state index contributed by atoms with van der Waals surface area (Å²) in [5, 5.41) is 5.73. The van der Waals surface area contributed by atoms with E-state index in [1.54, 1.807) is 30.3 Å². The first-order valence-corrected chi connectivity index (χ1v) is 10.5. The third-order valence-corrected chi connectivity index (χ3v) is 5.36. The fourth-order valence-electron chi connectivity index (χ4n) is 3.40. The third kappa shape index (κ3) is 4.91. The van der Waals surface area contributed by atoms with Gasteiger partial charge in [0, 0.05) is 48.1 Å². The maximum atomic E-state index is 12.8. The Bertz CT molecular complexity index is 1230. The summed E-state index contributed by atoms with van der Waals surface area (Å²) in [7, 11) is 3.94. The first-order chi connectivity index (χ1) is 15.8. The van der Waals surface area contributed by atoms with E-state index in [0.29, 0.717) is 16.4 Å². The summed E-state index contributed by atoms with van der Waals surface area (Å²) in [5.74, 6) is -1.06. The molecule has 0 atom stereocenters. The molecule has 2 heterocycles. The Balaban J connectivity index is 1.48. The summed E-state index contributed by atoms with van der Waals surface area (Å²) in [5.41, 5.74) is 3.31.